The van der Waals surface area contributed by atoms with Gasteiger partial charge >= 0.3 is 0 Å². The van der Waals surface area contributed by atoms with E-state index in [1.54, 1.807) is 17.5 Å². The molecule has 6 heteroatoms. The monoisotopic (exact) mass is 324 g/mol. The Hall–Kier alpha value is -1.21. The van der Waals surface area contributed by atoms with Crippen molar-refractivity contribution in [1.29, 1.82) is 0 Å². The van der Waals surface area contributed by atoms with Gasteiger partial charge in [0.05, 0.1) is 0 Å². The van der Waals surface area contributed by atoms with E-state index >= 15 is 0 Å². The SMILES string of the molecule is Cc1ccc([C@H](CNS(=O)(=O)c2cccs2)N(C)C)cc1. The molecule has 0 fully saturated rings. The molecule has 21 heavy (non-hydrogen) atoms. The Morgan fingerprint density at radius 2 is 1.86 bits per heavy atom. The van der Waals surface area contributed by atoms with E-state index < -0.39 is 10.0 Å². The molecule has 4 nitrogen and oxygen atoms in total. The molecule has 114 valence electrons. The van der Waals surface area contributed by atoms with Crippen molar-refractivity contribution >= 4 is 21.4 Å². The Morgan fingerprint density at radius 1 is 1.19 bits per heavy atom. The van der Waals surface area contributed by atoms with Crippen molar-refractivity contribution < 1.29 is 8.42 Å². The molecule has 0 bridgehead atoms. The number of nitrogens with one attached hydrogen (secondary N) is 1. The van der Waals surface area contributed by atoms with E-state index in [-0.39, 0.29) is 6.04 Å². The van der Waals surface area contributed by atoms with Gasteiger partial charge in [0.25, 0.3) is 0 Å². The van der Waals surface area contributed by atoms with Crippen molar-refractivity contribution in [1.82, 2.24) is 9.62 Å². The molecular formula is C15H20N2O2S2. The standard InChI is InChI=1S/C15H20N2O2S2/c1-12-6-8-13(9-7-12)14(17(2)3)11-16-21(18,19)15-5-4-10-20-15/h4-10,14,16H,11H2,1-3H3/t14-/m0/s1. The molecule has 2 aromatic rings. The van der Waals surface area contributed by atoms with Gasteiger partial charge in [-0.2, -0.15) is 0 Å². The average Bonchev–Trinajstić information content (AvgIpc) is 2.95. The van der Waals surface area contributed by atoms with Crippen LogP contribution < -0.4 is 4.72 Å². The second-order valence-electron chi connectivity index (χ2n) is 5.17. The van der Waals surface area contributed by atoms with Crippen molar-refractivity contribution in [3.63, 3.8) is 0 Å². The van der Waals surface area contributed by atoms with E-state index in [4.69, 9.17) is 0 Å². The van der Waals surface area contributed by atoms with Crippen LogP contribution in [0.4, 0.5) is 0 Å². The molecule has 1 N–H and O–H groups in total. The highest BCUT2D eigenvalue weighted by molar-refractivity contribution is 7.91. The normalized spacial score (nSPS) is 13.5. The van der Waals surface area contributed by atoms with Gasteiger partial charge in [-0.15, -0.1) is 11.3 Å². The summed E-state index contributed by atoms with van der Waals surface area (Å²) in [6.45, 7) is 2.38. The number of aryl methyl sites for hydroxylation is 1. The van der Waals surface area contributed by atoms with Gasteiger partial charge in [-0.05, 0) is 38.0 Å². The zero-order valence-corrected chi connectivity index (χ0v) is 14.0. The van der Waals surface area contributed by atoms with Gasteiger partial charge < -0.3 is 4.90 Å². The Bertz CT molecular complexity index is 662. The molecule has 0 aliphatic heterocycles. The molecule has 2 rings (SSSR count). The van der Waals surface area contributed by atoms with Crippen LogP contribution in [0.2, 0.25) is 0 Å². The van der Waals surface area contributed by atoms with Crippen LogP contribution in [-0.4, -0.2) is 34.0 Å². The second kappa shape index (κ2) is 6.70. The largest absolute Gasteiger partial charge is 0.301 e. The highest BCUT2D eigenvalue weighted by atomic mass is 32.2. The topological polar surface area (TPSA) is 49.4 Å². The number of thiophene rings is 1. The van der Waals surface area contributed by atoms with Crippen LogP contribution in [0.1, 0.15) is 17.2 Å². The molecule has 1 aromatic heterocycles. The highest BCUT2D eigenvalue weighted by Gasteiger charge is 2.20. The van der Waals surface area contributed by atoms with E-state index in [0.717, 1.165) is 5.56 Å². The van der Waals surface area contributed by atoms with E-state index in [1.165, 1.54) is 16.9 Å². The van der Waals surface area contributed by atoms with Crippen LogP contribution in [-0.2, 0) is 10.0 Å². The summed E-state index contributed by atoms with van der Waals surface area (Å²) >= 11 is 1.22. The third-order valence-electron chi connectivity index (χ3n) is 3.31. The second-order valence-corrected chi connectivity index (χ2v) is 8.12. The summed E-state index contributed by atoms with van der Waals surface area (Å²) in [5.74, 6) is 0. The predicted octanol–water partition coefficient (Wildman–Crippen LogP) is 2.64. The van der Waals surface area contributed by atoms with Crippen LogP contribution >= 0.6 is 11.3 Å². The Kier molecular flexibility index (Phi) is 5.16. The molecular weight excluding hydrogens is 304 g/mol. The zero-order chi connectivity index (χ0) is 15.5. The highest BCUT2D eigenvalue weighted by Crippen LogP contribution is 2.20. The number of likely N-dealkylation sites (N-methyl/N-ethyl adjacent to an activating group) is 1. The first-order valence-corrected chi connectivity index (χ1v) is 9.02. The molecule has 1 heterocycles. The lowest BCUT2D eigenvalue weighted by Gasteiger charge is -2.25. The summed E-state index contributed by atoms with van der Waals surface area (Å²) in [6, 6.07) is 11.5. The van der Waals surface area contributed by atoms with Gasteiger partial charge in [-0.25, -0.2) is 13.1 Å². The molecule has 0 amide bonds. The maximum absolute atomic E-state index is 12.2. The van der Waals surface area contributed by atoms with E-state index in [2.05, 4.69) is 4.72 Å². The first-order valence-electron chi connectivity index (χ1n) is 6.66. The Balaban J connectivity index is 2.13. The average molecular weight is 324 g/mol. The fourth-order valence-electron chi connectivity index (χ4n) is 2.06. The maximum atomic E-state index is 12.2. The number of benzene rings is 1. The minimum Gasteiger partial charge on any atom is -0.301 e. The van der Waals surface area contributed by atoms with Gasteiger partial charge in [0.1, 0.15) is 4.21 Å². The summed E-state index contributed by atoms with van der Waals surface area (Å²) in [4.78, 5) is 2.02. The van der Waals surface area contributed by atoms with Crippen molar-refractivity contribution in [2.75, 3.05) is 20.6 Å². The number of hydrogen-bond donors (Lipinski definition) is 1. The van der Waals surface area contributed by atoms with Gasteiger partial charge in [-0.3, -0.25) is 0 Å². The summed E-state index contributed by atoms with van der Waals surface area (Å²) in [7, 11) is 0.477. The van der Waals surface area contributed by atoms with Crippen LogP contribution in [0.15, 0.2) is 46.0 Å². The fourth-order valence-corrected chi connectivity index (χ4v) is 4.14. The van der Waals surface area contributed by atoms with E-state index in [9.17, 15) is 8.42 Å². The molecule has 0 unspecified atom stereocenters. The quantitative estimate of drug-likeness (QED) is 0.889. The summed E-state index contributed by atoms with van der Waals surface area (Å²) < 4.78 is 27.4. The van der Waals surface area contributed by atoms with Crippen LogP contribution in [0.3, 0.4) is 0 Å². The number of rotatable bonds is 6. The summed E-state index contributed by atoms with van der Waals surface area (Å²) in [6.07, 6.45) is 0. The van der Waals surface area contributed by atoms with Crippen molar-refractivity contribution in [2.45, 2.75) is 17.2 Å². The van der Waals surface area contributed by atoms with E-state index in [1.807, 2.05) is 50.2 Å². The molecule has 0 aliphatic carbocycles. The van der Waals surface area contributed by atoms with Gasteiger partial charge in [0, 0.05) is 12.6 Å². The molecule has 1 atom stereocenters. The lowest BCUT2D eigenvalue weighted by molar-refractivity contribution is 0.299. The molecule has 0 saturated heterocycles. The summed E-state index contributed by atoms with van der Waals surface area (Å²) in [5, 5.41) is 1.76. The number of nitrogens with zero attached hydrogens (tertiary/aromatic N) is 1. The molecule has 0 saturated carbocycles. The fraction of sp³-hybridized carbons (Fsp3) is 0.333. The minimum atomic E-state index is -3.42. The molecule has 1 aromatic carbocycles. The summed E-state index contributed by atoms with van der Waals surface area (Å²) in [5.41, 5.74) is 2.29. The van der Waals surface area contributed by atoms with Gasteiger partial charge in [0.2, 0.25) is 10.0 Å². The minimum absolute atomic E-state index is 0.000312. The lowest BCUT2D eigenvalue weighted by atomic mass is 10.0. The molecule has 0 aliphatic rings. The molecule has 0 radical (unpaired) electrons. The third kappa shape index (κ3) is 4.14. The third-order valence-corrected chi connectivity index (χ3v) is 6.13. The van der Waals surface area contributed by atoms with Gasteiger partial charge in [0.15, 0.2) is 0 Å². The molecule has 0 spiro atoms. The maximum Gasteiger partial charge on any atom is 0.250 e. The smallest absolute Gasteiger partial charge is 0.250 e. The zero-order valence-electron chi connectivity index (χ0n) is 12.4. The Morgan fingerprint density at radius 3 is 2.38 bits per heavy atom. The van der Waals surface area contributed by atoms with Crippen molar-refractivity contribution in [2.24, 2.45) is 0 Å². The Labute approximate surface area is 130 Å². The van der Waals surface area contributed by atoms with Crippen molar-refractivity contribution in [3.05, 3.63) is 52.9 Å². The lowest BCUT2D eigenvalue weighted by Crippen LogP contribution is -2.34. The first-order chi connectivity index (χ1) is 9.90. The van der Waals surface area contributed by atoms with Gasteiger partial charge in [-0.1, -0.05) is 35.9 Å². The number of sulfonamides is 1. The van der Waals surface area contributed by atoms with E-state index in [0.29, 0.717) is 10.8 Å². The van der Waals surface area contributed by atoms with Crippen LogP contribution in [0.25, 0.3) is 0 Å². The van der Waals surface area contributed by atoms with Crippen LogP contribution in [0.5, 0.6) is 0 Å². The van der Waals surface area contributed by atoms with Crippen LogP contribution in [0, 0.1) is 6.92 Å². The van der Waals surface area contributed by atoms with Crippen molar-refractivity contribution in [3.8, 4) is 0 Å². The predicted molar refractivity (Wildman–Crippen MR) is 87.1 cm³/mol. The first kappa shape index (κ1) is 16.2. The number of hydrogen-bond acceptors (Lipinski definition) is 4.